The van der Waals surface area contributed by atoms with Gasteiger partial charge in [-0.2, -0.15) is 36.7 Å². The SMILES string of the molecule is CCc1[cH-]c2ccccc2c1[Si](C)(C)c1c(CC)[cH-]c2ccccc12.Oc1ccc(C(F)(F)F)cc1.Oc1ccc(C(F)(F)F)cc1.[Zr+2]. The van der Waals surface area contributed by atoms with Crippen molar-refractivity contribution in [1.82, 2.24) is 0 Å². The van der Waals surface area contributed by atoms with Crippen LogP contribution in [0.15, 0.2) is 109 Å². The fraction of sp³-hybridized carbons (Fsp3) is 0.211. The fourth-order valence-electron chi connectivity index (χ4n) is 6.03. The van der Waals surface area contributed by atoms with Crippen molar-refractivity contribution in [1.29, 1.82) is 0 Å². The normalized spacial score (nSPS) is 11.7. The third kappa shape index (κ3) is 8.88. The summed E-state index contributed by atoms with van der Waals surface area (Å²) >= 11 is 0. The molecule has 0 bridgehead atoms. The van der Waals surface area contributed by atoms with Crippen LogP contribution in [0.5, 0.6) is 11.5 Å². The van der Waals surface area contributed by atoms with E-state index < -0.39 is 31.6 Å². The van der Waals surface area contributed by atoms with Crippen LogP contribution in [0.3, 0.4) is 0 Å². The van der Waals surface area contributed by atoms with Crippen LogP contribution in [0.2, 0.25) is 13.1 Å². The summed E-state index contributed by atoms with van der Waals surface area (Å²) in [5.74, 6) is -0.337. The number of fused-ring (bicyclic) bond motifs is 2. The molecule has 6 aromatic rings. The summed E-state index contributed by atoms with van der Waals surface area (Å²) in [5.41, 5.74) is 1.58. The molecule has 0 heterocycles. The standard InChI is InChI=1S/C24H26Si.2C7H5F3O.Zr/c1-5-17-15-19-11-7-9-13-21(19)23(17)25(3,4)24-18(6-2)16-20-12-8-10-14-22(20)24;2*8-7(9,10)5-1-3-6(11)4-2-5;/h7-16H,5-6H2,1-4H3;2*1-4,11H;/q-2;;;+2. The van der Waals surface area contributed by atoms with E-state index >= 15 is 0 Å². The molecule has 0 amide bonds. The smallest absolute Gasteiger partial charge is 0.508 e. The predicted octanol–water partition coefficient (Wildman–Crippen LogP) is 10.2. The molecule has 0 saturated carbocycles. The van der Waals surface area contributed by atoms with E-state index in [0.717, 1.165) is 61.4 Å². The molecule has 0 spiro atoms. The first kappa shape index (κ1) is 38.8. The predicted molar refractivity (Wildman–Crippen MR) is 181 cm³/mol. The molecular weight excluding hydrogens is 722 g/mol. The molecule has 0 fully saturated rings. The van der Waals surface area contributed by atoms with E-state index in [9.17, 15) is 26.3 Å². The van der Waals surface area contributed by atoms with E-state index in [-0.39, 0.29) is 37.7 Å². The molecule has 0 saturated heterocycles. The van der Waals surface area contributed by atoms with Crippen LogP contribution in [-0.2, 0) is 51.4 Å². The number of phenols is 2. The average molecular weight is 758 g/mol. The number of aryl methyl sites for hydroxylation is 2. The molecule has 0 aliphatic carbocycles. The van der Waals surface area contributed by atoms with Gasteiger partial charge >= 0.3 is 38.6 Å². The Morgan fingerprint density at radius 1 is 0.542 bits per heavy atom. The summed E-state index contributed by atoms with van der Waals surface area (Å²) in [6, 6.07) is 30.1. The molecule has 0 aliphatic rings. The zero-order chi connectivity index (χ0) is 34.6. The topological polar surface area (TPSA) is 40.5 Å². The second-order valence-corrected chi connectivity index (χ2v) is 15.9. The van der Waals surface area contributed by atoms with E-state index in [1.54, 1.807) is 21.5 Å². The number of aromatic hydroxyl groups is 2. The average Bonchev–Trinajstić information content (AvgIpc) is 3.61. The first-order chi connectivity index (χ1) is 22.1. The van der Waals surface area contributed by atoms with Crippen molar-refractivity contribution in [3.05, 3.63) is 131 Å². The first-order valence-corrected chi connectivity index (χ1v) is 18.2. The van der Waals surface area contributed by atoms with Crippen LogP contribution in [0.4, 0.5) is 26.3 Å². The van der Waals surface area contributed by atoms with Gasteiger partial charge in [0, 0.05) is 8.07 Å². The quantitative estimate of drug-likeness (QED) is 0.107. The number of benzene rings is 4. The van der Waals surface area contributed by atoms with Gasteiger partial charge < -0.3 is 10.2 Å². The second-order valence-electron chi connectivity index (χ2n) is 11.7. The van der Waals surface area contributed by atoms with Crippen molar-refractivity contribution in [2.75, 3.05) is 0 Å². The number of hydrogen-bond acceptors (Lipinski definition) is 2. The maximum atomic E-state index is 11.8. The van der Waals surface area contributed by atoms with Crippen LogP contribution < -0.4 is 10.4 Å². The monoisotopic (exact) mass is 756 g/mol. The van der Waals surface area contributed by atoms with Gasteiger partial charge in [-0.25, -0.2) is 0 Å². The molecule has 2 nitrogen and oxygen atoms in total. The summed E-state index contributed by atoms with van der Waals surface area (Å²) < 4.78 is 71.0. The molecule has 0 radical (unpaired) electrons. The number of hydrogen-bond donors (Lipinski definition) is 2. The Morgan fingerprint density at radius 3 is 1.15 bits per heavy atom. The minimum atomic E-state index is -4.33. The molecule has 6 rings (SSSR count). The van der Waals surface area contributed by atoms with Gasteiger partial charge in [-0.15, -0.1) is 81.2 Å². The molecule has 250 valence electrons. The van der Waals surface area contributed by atoms with E-state index in [1.807, 2.05) is 0 Å². The van der Waals surface area contributed by atoms with Gasteiger partial charge in [0.15, 0.2) is 0 Å². The summed E-state index contributed by atoms with van der Waals surface area (Å²) in [4.78, 5) is 0. The zero-order valence-corrected chi connectivity index (χ0v) is 30.4. The Morgan fingerprint density at radius 2 is 0.854 bits per heavy atom. The van der Waals surface area contributed by atoms with Gasteiger partial charge in [-0.1, -0.05) is 39.1 Å². The van der Waals surface area contributed by atoms with Crippen molar-refractivity contribution < 1.29 is 62.8 Å². The maximum absolute atomic E-state index is 11.8. The molecule has 2 N–H and O–H groups in total. The molecule has 0 aromatic heterocycles. The fourth-order valence-corrected chi connectivity index (χ4v) is 10.2. The van der Waals surface area contributed by atoms with E-state index in [0.29, 0.717) is 0 Å². The Labute approximate surface area is 296 Å². The van der Waals surface area contributed by atoms with Gasteiger partial charge in [0.05, 0.1) is 11.1 Å². The third-order valence-corrected chi connectivity index (χ3v) is 11.8. The number of rotatable bonds is 4. The second kappa shape index (κ2) is 15.7. The minimum Gasteiger partial charge on any atom is -0.508 e. The zero-order valence-electron chi connectivity index (χ0n) is 27.0. The van der Waals surface area contributed by atoms with Crippen LogP contribution in [0, 0.1) is 0 Å². The summed E-state index contributed by atoms with van der Waals surface area (Å²) in [7, 11) is -1.81. The molecule has 10 heteroatoms. The van der Waals surface area contributed by atoms with Crippen LogP contribution in [0.1, 0.15) is 36.1 Å². The Hall–Kier alpha value is -3.62. The van der Waals surface area contributed by atoms with E-state index in [1.165, 1.54) is 21.5 Å². The van der Waals surface area contributed by atoms with Crippen LogP contribution in [-0.4, -0.2) is 18.3 Å². The van der Waals surface area contributed by atoms with E-state index in [2.05, 4.69) is 87.6 Å². The van der Waals surface area contributed by atoms with Crippen molar-refractivity contribution in [2.24, 2.45) is 0 Å². The summed E-state index contributed by atoms with van der Waals surface area (Å²) in [6.07, 6.45) is -6.43. The Kier molecular flexibility index (Phi) is 12.7. The maximum Gasteiger partial charge on any atom is 2.00 e. The number of alkyl halides is 6. The van der Waals surface area contributed by atoms with E-state index in [4.69, 9.17) is 10.2 Å². The third-order valence-electron chi connectivity index (χ3n) is 8.16. The van der Waals surface area contributed by atoms with Gasteiger partial charge in [-0.05, 0) is 61.4 Å². The Balaban J connectivity index is 0.000000226. The summed E-state index contributed by atoms with van der Waals surface area (Å²) in [6.45, 7) is 9.70. The molecule has 6 aromatic carbocycles. The van der Waals surface area contributed by atoms with Crippen molar-refractivity contribution >= 4 is 40.0 Å². The molecule has 0 aliphatic heterocycles. The van der Waals surface area contributed by atoms with Crippen molar-refractivity contribution in [2.45, 2.75) is 52.1 Å². The molecule has 0 unspecified atom stereocenters. The largest absolute Gasteiger partial charge is 2.00 e. The van der Waals surface area contributed by atoms with Gasteiger partial charge in [0.2, 0.25) is 0 Å². The van der Waals surface area contributed by atoms with Gasteiger partial charge in [0.25, 0.3) is 0 Å². The molecule has 0 atom stereocenters. The van der Waals surface area contributed by atoms with Gasteiger partial charge in [-0.3, -0.25) is 0 Å². The molecule has 48 heavy (non-hydrogen) atoms. The Bertz CT molecular complexity index is 1780. The first-order valence-electron chi connectivity index (χ1n) is 15.2. The van der Waals surface area contributed by atoms with Crippen LogP contribution in [0.25, 0.3) is 21.5 Å². The van der Waals surface area contributed by atoms with Gasteiger partial charge in [0.1, 0.15) is 11.5 Å². The number of halogens is 6. The minimum absolute atomic E-state index is 0. The van der Waals surface area contributed by atoms with Crippen LogP contribution >= 0.6 is 0 Å². The van der Waals surface area contributed by atoms with Crippen molar-refractivity contribution in [3.8, 4) is 11.5 Å². The summed E-state index contributed by atoms with van der Waals surface area (Å²) in [5, 5.41) is 26.4. The molecular formula is C38H36F6O2SiZr. The van der Waals surface area contributed by atoms with Crippen molar-refractivity contribution in [3.63, 3.8) is 0 Å². The number of phenolic OH excluding ortho intramolecular Hbond substituents is 2.